The molecule has 0 fully saturated rings. The lowest BCUT2D eigenvalue weighted by Gasteiger charge is -2.23. The minimum absolute atomic E-state index is 0.552. The monoisotopic (exact) mass is 391 g/mol. The van der Waals surface area contributed by atoms with Crippen molar-refractivity contribution in [1.29, 1.82) is 0 Å². The minimum Gasteiger partial charge on any atom is -0.493 e. The number of aliphatic imine (C=N–C) groups is 1. The van der Waals surface area contributed by atoms with Crippen molar-refractivity contribution in [2.24, 2.45) is 4.99 Å². The molecule has 0 aromatic heterocycles. The molecule has 0 heterocycles. The Bertz CT molecular complexity index is 771. The van der Waals surface area contributed by atoms with E-state index in [1.165, 1.54) is 0 Å². The van der Waals surface area contributed by atoms with Gasteiger partial charge in [0.15, 0.2) is 17.5 Å². The van der Waals surface area contributed by atoms with Crippen LogP contribution in [0.5, 0.6) is 17.2 Å². The van der Waals surface area contributed by atoms with Crippen molar-refractivity contribution >= 4 is 17.6 Å². The lowest BCUT2D eigenvalue weighted by Crippen LogP contribution is -2.38. The summed E-state index contributed by atoms with van der Waals surface area (Å²) in [6.45, 7) is 1.20. The normalized spacial score (nSPS) is 11.1. The van der Waals surface area contributed by atoms with Crippen LogP contribution >= 0.6 is 11.6 Å². The Morgan fingerprint density at radius 2 is 1.70 bits per heavy atom. The quantitative estimate of drug-likeness (QED) is 0.577. The molecule has 1 N–H and O–H groups in total. The second-order valence-corrected chi connectivity index (χ2v) is 6.29. The van der Waals surface area contributed by atoms with Crippen LogP contribution in [0, 0.1) is 0 Å². The first-order valence-electron chi connectivity index (χ1n) is 8.48. The fraction of sp³-hybridized carbons (Fsp3) is 0.350. The highest BCUT2D eigenvalue weighted by Gasteiger charge is 2.14. The van der Waals surface area contributed by atoms with E-state index in [0.717, 1.165) is 22.1 Å². The number of hydrogen-bond donors (Lipinski definition) is 1. The first-order valence-corrected chi connectivity index (χ1v) is 8.85. The van der Waals surface area contributed by atoms with Gasteiger partial charge in [-0.2, -0.15) is 0 Å². The molecule has 0 aliphatic carbocycles. The third kappa shape index (κ3) is 5.20. The summed E-state index contributed by atoms with van der Waals surface area (Å²) in [5, 5.41) is 4.09. The van der Waals surface area contributed by atoms with Crippen LogP contribution in [-0.2, 0) is 13.1 Å². The zero-order chi connectivity index (χ0) is 19.8. The Kier molecular flexibility index (Phi) is 7.61. The second-order valence-electron chi connectivity index (χ2n) is 5.88. The standard InChI is InChI=1S/C20H26ClN3O3/c1-22-20(24(2)13-15-8-6-7-9-16(15)21)23-12-14-10-17(25-3)19(27-5)18(11-14)26-4/h6-11H,12-13H2,1-5H3,(H,22,23). The molecule has 0 saturated heterocycles. The predicted octanol–water partition coefficient (Wildman–Crippen LogP) is 3.57. The summed E-state index contributed by atoms with van der Waals surface area (Å²) in [6, 6.07) is 11.6. The van der Waals surface area contributed by atoms with E-state index in [4.69, 9.17) is 25.8 Å². The van der Waals surface area contributed by atoms with Crippen LogP contribution in [-0.4, -0.2) is 46.3 Å². The Labute approximate surface area is 165 Å². The number of guanidine groups is 1. The van der Waals surface area contributed by atoms with Gasteiger partial charge in [-0.15, -0.1) is 0 Å². The fourth-order valence-electron chi connectivity index (χ4n) is 2.76. The number of nitrogens with zero attached hydrogens (tertiary/aromatic N) is 2. The van der Waals surface area contributed by atoms with Gasteiger partial charge in [0.05, 0.1) is 21.3 Å². The van der Waals surface area contributed by atoms with Gasteiger partial charge in [-0.3, -0.25) is 4.99 Å². The molecular formula is C20H26ClN3O3. The molecule has 0 aliphatic rings. The van der Waals surface area contributed by atoms with Crippen molar-refractivity contribution < 1.29 is 14.2 Å². The SMILES string of the molecule is CN=C(NCc1cc(OC)c(OC)c(OC)c1)N(C)Cc1ccccc1Cl. The summed E-state index contributed by atoms with van der Waals surface area (Å²) >= 11 is 6.26. The number of methoxy groups -OCH3 is 3. The van der Waals surface area contributed by atoms with Crippen LogP contribution in [0.3, 0.4) is 0 Å². The van der Waals surface area contributed by atoms with Crippen molar-refractivity contribution in [2.75, 3.05) is 35.4 Å². The zero-order valence-electron chi connectivity index (χ0n) is 16.4. The molecule has 0 aliphatic heterocycles. The van der Waals surface area contributed by atoms with Gasteiger partial charge in [-0.25, -0.2) is 0 Å². The molecule has 0 bridgehead atoms. The average Bonchev–Trinajstić information content (AvgIpc) is 2.69. The number of nitrogens with one attached hydrogen (secondary N) is 1. The van der Waals surface area contributed by atoms with Crippen LogP contribution in [0.2, 0.25) is 5.02 Å². The van der Waals surface area contributed by atoms with Crippen LogP contribution in [0.4, 0.5) is 0 Å². The van der Waals surface area contributed by atoms with Gasteiger partial charge < -0.3 is 24.4 Å². The number of ether oxygens (including phenoxy) is 3. The first-order chi connectivity index (χ1) is 13.0. The van der Waals surface area contributed by atoms with Gasteiger partial charge in [-0.05, 0) is 29.3 Å². The van der Waals surface area contributed by atoms with Gasteiger partial charge >= 0.3 is 0 Å². The molecule has 0 amide bonds. The molecule has 6 nitrogen and oxygen atoms in total. The Balaban J connectivity index is 2.10. The largest absolute Gasteiger partial charge is 0.493 e. The van der Waals surface area contributed by atoms with Gasteiger partial charge in [0.2, 0.25) is 5.75 Å². The summed E-state index contributed by atoms with van der Waals surface area (Å²) in [7, 11) is 8.51. The van der Waals surface area contributed by atoms with E-state index in [1.807, 2.05) is 48.3 Å². The molecule has 0 unspecified atom stereocenters. The zero-order valence-corrected chi connectivity index (χ0v) is 17.1. The molecular weight excluding hydrogens is 366 g/mol. The summed E-state index contributed by atoms with van der Waals surface area (Å²) in [4.78, 5) is 6.36. The van der Waals surface area contributed by atoms with Gasteiger partial charge in [0.25, 0.3) is 0 Å². The fourth-order valence-corrected chi connectivity index (χ4v) is 2.96. The Morgan fingerprint density at radius 1 is 1.07 bits per heavy atom. The number of hydrogen-bond acceptors (Lipinski definition) is 4. The smallest absolute Gasteiger partial charge is 0.203 e. The van der Waals surface area contributed by atoms with Crippen molar-refractivity contribution in [2.45, 2.75) is 13.1 Å². The molecule has 0 saturated carbocycles. The molecule has 2 aromatic carbocycles. The van der Waals surface area contributed by atoms with E-state index < -0.39 is 0 Å². The van der Waals surface area contributed by atoms with Crippen LogP contribution in [0.1, 0.15) is 11.1 Å². The van der Waals surface area contributed by atoms with Crippen molar-refractivity contribution in [1.82, 2.24) is 10.2 Å². The summed E-state index contributed by atoms with van der Waals surface area (Å²) in [6.07, 6.45) is 0. The van der Waals surface area contributed by atoms with E-state index in [9.17, 15) is 0 Å². The summed E-state index contributed by atoms with van der Waals surface area (Å²) < 4.78 is 16.2. The third-order valence-electron chi connectivity index (χ3n) is 4.11. The molecule has 0 spiro atoms. The predicted molar refractivity (Wildman–Crippen MR) is 109 cm³/mol. The number of rotatable bonds is 7. The molecule has 2 aromatic rings. The lowest BCUT2D eigenvalue weighted by molar-refractivity contribution is 0.323. The van der Waals surface area contributed by atoms with Crippen LogP contribution in [0.15, 0.2) is 41.4 Å². The molecule has 7 heteroatoms. The van der Waals surface area contributed by atoms with E-state index in [-0.39, 0.29) is 0 Å². The van der Waals surface area contributed by atoms with Crippen LogP contribution in [0.25, 0.3) is 0 Å². The van der Waals surface area contributed by atoms with Crippen molar-refractivity contribution in [3.63, 3.8) is 0 Å². The molecule has 27 heavy (non-hydrogen) atoms. The molecule has 146 valence electrons. The van der Waals surface area contributed by atoms with E-state index in [0.29, 0.717) is 30.3 Å². The Morgan fingerprint density at radius 3 is 2.22 bits per heavy atom. The molecule has 2 rings (SSSR count). The highest BCUT2D eigenvalue weighted by atomic mass is 35.5. The van der Waals surface area contributed by atoms with Gasteiger partial charge in [-0.1, -0.05) is 29.8 Å². The third-order valence-corrected chi connectivity index (χ3v) is 4.48. The van der Waals surface area contributed by atoms with Gasteiger partial charge in [0, 0.05) is 32.2 Å². The highest BCUT2D eigenvalue weighted by molar-refractivity contribution is 6.31. The van der Waals surface area contributed by atoms with Crippen LogP contribution < -0.4 is 19.5 Å². The minimum atomic E-state index is 0.552. The van der Waals surface area contributed by atoms with E-state index in [2.05, 4.69) is 10.3 Å². The van der Waals surface area contributed by atoms with Crippen molar-refractivity contribution in [3.05, 3.63) is 52.5 Å². The highest BCUT2D eigenvalue weighted by Crippen LogP contribution is 2.38. The average molecular weight is 392 g/mol. The number of benzene rings is 2. The lowest BCUT2D eigenvalue weighted by atomic mass is 10.1. The van der Waals surface area contributed by atoms with Crippen molar-refractivity contribution in [3.8, 4) is 17.2 Å². The maximum absolute atomic E-state index is 6.26. The van der Waals surface area contributed by atoms with E-state index in [1.54, 1.807) is 28.4 Å². The maximum Gasteiger partial charge on any atom is 0.203 e. The van der Waals surface area contributed by atoms with Gasteiger partial charge in [0.1, 0.15) is 0 Å². The Hall–Kier alpha value is -2.60. The second kappa shape index (κ2) is 9.92. The first kappa shape index (κ1) is 20.7. The van der Waals surface area contributed by atoms with E-state index >= 15 is 0 Å². The molecule has 0 atom stereocenters. The topological polar surface area (TPSA) is 55.3 Å². The number of halogens is 1. The maximum atomic E-state index is 6.26. The summed E-state index contributed by atoms with van der Waals surface area (Å²) in [5.74, 6) is 2.56. The molecule has 0 radical (unpaired) electrons. The summed E-state index contributed by atoms with van der Waals surface area (Å²) in [5.41, 5.74) is 2.02.